The first-order valence-corrected chi connectivity index (χ1v) is 11.4. The highest BCUT2D eigenvalue weighted by molar-refractivity contribution is 6.31. The van der Waals surface area contributed by atoms with Crippen molar-refractivity contribution in [3.8, 4) is 23.0 Å². The third-order valence-corrected chi connectivity index (χ3v) is 6.06. The number of tetrazole rings is 1. The Labute approximate surface area is 212 Å². The molecule has 0 aliphatic carbocycles. The van der Waals surface area contributed by atoms with Gasteiger partial charge < -0.3 is 4.42 Å². The summed E-state index contributed by atoms with van der Waals surface area (Å²) in [4.78, 5) is 18.3. The second-order valence-electron chi connectivity index (χ2n) is 8.13. The maximum atomic E-state index is 13.3. The van der Waals surface area contributed by atoms with Gasteiger partial charge in [0.2, 0.25) is 11.7 Å². The Morgan fingerprint density at radius 1 is 1.06 bits per heavy atom. The standard InChI is InChI=1S/C23H17Cl2F2N7O2/c1-11-5-13(3-4-17(11)25)21-29-32-34(31-21)9-15-8-18(33(30-15)10-19(26)27)22-28-20-12(2)6-14(24)7-16(20)23(35)36-22/h3-8,19H,9-10H2,1-2H3. The summed E-state index contributed by atoms with van der Waals surface area (Å²) >= 11 is 12.1. The first-order valence-electron chi connectivity index (χ1n) is 10.7. The van der Waals surface area contributed by atoms with Crippen LogP contribution in [0.3, 0.4) is 0 Å². The van der Waals surface area contributed by atoms with E-state index < -0.39 is 18.6 Å². The normalized spacial score (nSPS) is 11.6. The molecule has 0 N–H and O–H groups in total. The highest BCUT2D eigenvalue weighted by atomic mass is 35.5. The van der Waals surface area contributed by atoms with Gasteiger partial charge in [0.25, 0.3) is 6.43 Å². The minimum Gasteiger partial charge on any atom is -0.401 e. The van der Waals surface area contributed by atoms with Crippen LogP contribution in [0.1, 0.15) is 16.8 Å². The van der Waals surface area contributed by atoms with E-state index in [0.29, 0.717) is 32.6 Å². The lowest BCUT2D eigenvalue weighted by atomic mass is 10.1. The van der Waals surface area contributed by atoms with E-state index in [4.69, 9.17) is 27.6 Å². The molecule has 0 radical (unpaired) electrons. The molecule has 2 aromatic carbocycles. The lowest BCUT2D eigenvalue weighted by Gasteiger charge is -2.07. The van der Waals surface area contributed by atoms with Crippen molar-refractivity contribution >= 4 is 34.1 Å². The maximum Gasteiger partial charge on any atom is 0.347 e. The number of aromatic nitrogens is 7. The number of rotatable bonds is 6. The Kier molecular flexibility index (Phi) is 6.27. The van der Waals surface area contributed by atoms with Crippen LogP contribution in [0.5, 0.6) is 0 Å². The SMILES string of the molecule is Cc1cc(-c2nnn(Cc3cc(-c4nc5c(C)cc(Cl)cc5c(=O)o4)n(CC(F)F)n3)n2)ccc1Cl. The number of hydrogen-bond donors (Lipinski definition) is 0. The van der Waals surface area contributed by atoms with Crippen molar-refractivity contribution < 1.29 is 13.2 Å². The van der Waals surface area contributed by atoms with Gasteiger partial charge in [-0.25, -0.2) is 18.6 Å². The van der Waals surface area contributed by atoms with E-state index in [1.807, 2.05) is 13.0 Å². The molecule has 5 aromatic rings. The van der Waals surface area contributed by atoms with Crippen LogP contribution in [0.2, 0.25) is 10.0 Å². The van der Waals surface area contributed by atoms with Crippen molar-refractivity contribution in [2.24, 2.45) is 0 Å². The molecular weight excluding hydrogens is 515 g/mol. The molecule has 184 valence electrons. The fraction of sp³-hybridized carbons (Fsp3) is 0.217. The summed E-state index contributed by atoms with van der Waals surface area (Å²) < 4.78 is 33.0. The van der Waals surface area contributed by atoms with E-state index in [9.17, 15) is 13.6 Å². The van der Waals surface area contributed by atoms with Crippen LogP contribution in [0.4, 0.5) is 8.78 Å². The van der Waals surface area contributed by atoms with Crippen LogP contribution in [0.15, 0.2) is 45.6 Å². The molecule has 0 unspecified atom stereocenters. The maximum absolute atomic E-state index is 13.3. The molecule has 0 aliphatic heterocycles. The summed E-state index contributed by atoms with van der Waals surface area (Å²) in [6.07, 6.45) is -2.70. The zero-order valence-electron chi connectivity index (χ0n) is 18.9. The number of aryl methyl sites for hydroxylation is 2. The Bertz CT molecular complexity index is 1660. The van der Waals surface area contributed by atoms with Crippen LogP contribution >= 0.6 is 23.2 Å². The summed E-state index contributed by atoms with van der Waals surface area (Å²) in [6.45, 7) is 2.92. The first-order chi connectivity index (χ1) is 17.2. The Balaban J connectivity index is 1.51. The van der Waals surface area contributed by atoms with Crippen molar-refractivity contribution in [2.75, 3.05) is 0 Å². The zero-order valence-corrected chi connectivity index (χ0v) is 20.4. The van der Waals surface area contributed by atoms with E-state index >= 15 is 0 Å². The predicted molar refractivity (Wildman–Crippen MR) is 129 cm³/mol. The Hall–Kier alpha value is -3.70. The van der Waals surface area contributed by atoms with Gasteiger partial charge >= 0.3 is 5.63 Å². The molecule has 3 aromatic heterocycles. The van der Waals surface area contributed by atoms with Gasteiger partial charge in [-0.05, 0) is 66.6 Å². The van der Waals surface area contributed by atoms with Crippen molar-refractivity contribution in [3.63, 3.8) is 0 Å². The van der Waals surface area contributed by atoms with Gasteiger partial charge in [0.15, 0.2) is 0 Å². The number of alkyl halides is 2. The molecule has 0 saturated heterocycles. The molecule has 5 rings (SSSR count). The molecule has 9 nitrogen and oxygen atoms in total. The number of hydrogen-bond acceptors (Lipinski definition) is 7. The third kappa shape index (κ3) is 4.71. The van der Waals surface area contributed by atoms with Gasteiger partial charge in [-0.15, -0.1) is 10.2 Å². The molecule has 0 aliphatic rings. The molecule has 36 heavy (non-hydrogen) atoms. The van der Waals surface area contributed by atoms with Crippen LogP contribution in [0.25, 0.3) is 33.9 Å². The highest BCUT2D eigenvalue weighted by Crippen LogP contribution is 2.25. The average molecular weight is 532 g/mol. The third-order valence-electron chi connectivity index (χ3n) is 5.42. The molecule has 0 bridgehead atoms. The largest absolute Gasteiger partial charge is 0.401 e. The fourth-order valence-corrected chi connectivity index (χ4v) is 4.15. The quantitative estimate of drug-likeness (QED) is 0.305. The van der Waals surface area contributed by atoms with Gasteiger partial charge in [-0.1, -0.05) is 23.2 Å². The van der Waals surface area contributed by atoms with Gasteiger partial charge in [0.1, 0.15) is 18.8 Å². The van der Waals surface area contributed by atoms with Crippen LogP contribution < -0.4 is 5.63 Å². The van der Waals surface area contributed by atoms with Crippen LogP contribution in [-0.2, 0) is 13.1 Å². The van der Waals surface area contributed by atoms with Gasteiger partial charge in [-0.3, -0.25) is 4.68 Å². The smallest absolute Gasteiger partial charge is 0.347 e. The molecular formula is C23H17Cl2F2N7O2. The van der Waals surface area contributed by atoms with Crippen LogP contribution in [0, 0.1) is 13.8 Å². The Morgan fingerprint density at radius 2 is 1.86 bits per heavy atom. The minimum absolute atomic E-state index is 0.0370. The van der Waals surface area contributed by atoms with Gasteiger partial charge in [-0.2, -0.15) is 9.90 Å². The van der Waals surface area contributed by atoms with E-state index in [2.05, 4.69) is 25.5 Å². The zero-order chi connectivity index (χ0) is 25.6. The molecule has 0 amide bonds. The number of fused-ring (bicyclic) bond motifs is 1. The average Bonchev–Trinajstić information content (AvgIpc) is 3.43. The van der Waals surface area contributed by atoms with Gasteiger partial charge in [0.05, 0.1) is 16.6 Å². The summed E-state index contributed by atoms with van der Waals surface area (Å²) in [5.74, 6) is 0.236. The van der Waals surface area contributed by atoms with Crippen LogP contribution in [-0.4, -0.2) is 41.4 Å². The molecule has 13 heteroatoms. The fourth-order valence-electron chi connectivity index (χ4n) is 3.76. The van der Waals surface area contributed by atoms with E-state index in [-0.39, 0.29) is 23.5 Å². The molecule has 0 fully saturated rings. The van der Waals surface area contributed by atoms with Gasteiger partial charge in [0, 0.05) is 15.6 Å². The number of nitrogens with zero attached hydrogens (tertiary/aromatic N) is 7. The molecule has 0 spiro atoms. The minimum atomic E-state index is -2.70. The molecule has 3 heterocycles. The summed E-state index contributed by atoms with van der Waals surface area (Å²) in [5.41, 5.74) is 2.37. The van der Waals surface area contributed by atoms with Crippen molar-refractivity contribution in [2.45, 2.75) is 33.4 Å². The molecule has 0 atom stereocenters. The van der Waals surface area contributed by atoms with E-state index in [1.54, 1.807) is 25.1 Å². The lowest BCUT2D eigenvalue weighted by Crippen LogP contribution is -2.12. The number of halogens is 4. The van der Waals surface area contributed by atoms with Crippen molar-refractivity contribution in [3.05, 3.63) is 73.7 Å². The van der Waals surface area contributed by atoms with Crippen molar-refractivity contribution in [1.29, 1.82) is 0 Å². The van der Waals surface area contributed by atoms with E-state index in [0.717, 1.165) is 15.8 Å². The predicted octanol–water partition coefficient (Wildman–Crippen LogP) is 4.94. The topological polar surface area (TPSA) is 105 Å². The van der Waals surface area contributed by atoms with Crippen molar-refractivity contribution in [1.82, 2.24) is 35.0 Å². The summed E-state index contributed by atoms with van der Waals surface area (Å²) in [5, 5.41) is 17.9. The summed E-state index contributed by atoms with van der Waals surface area (Å²) in [7, 11) is 0. The number of benzene rings is 2. The Morgan fingerprint density at radius 3 is 2.61 bits per heavy atom. The second-order valence-corrected chi connectivity index (χ2v) is 8.97. The lowest BCUT2D eigenvalue weighted by molar-refractivity contribution is 0.122. The highest BCUT2D eigenvalue weighted by Gasteiger charge is 2.20. The monoisotopic (exact) mass is 531 g/mol. The summed E-state index contributed by atoms with van der Waals surface area (Å²) in [6, 6.07) is 9.95. The second kappa shape index (κ2) is 9.40. The van der Waals surface area contributed by atoms with E-state index in [1.165, 1.54) is 16.9 Å². The first kappa shape index (κ1) is 24.0. The molecule has 0 saturated carbocycles.